The minimum absolute atomic E-state index is 0.0142. The van der Waals surface area contributed by atoms with Gasteiger partial charge in [-0.1, -0.05) is 72.3 Å². The van der Waals surface area contributed by atoms with Crippen LogP contribution in [0.4, 0.5) is 5.69 Å². The first-order valence-electron chi connectivity index (χ1n) is 11.8. The van der Waals surface area contributed by atoms with Gasteiger partial charge in [0.25, 0.3) is 5.78 Å². The number of aliphatic hydroxyl groups excluding tert-OH is 2. The third kappa shape index (κ3) is 3.51. The Morgan fingerprint density at radius 1 is 0.795 bits per heavy atom. The lowest BCUT2D eigenvalue weighted by atomic mass is 9.73. The van der Waals surface area contributed by atoms with E-state index in [2.05, 4.69) is 0 Å². The molecule has 1 aliphatic heterocycles. The maximum Gasteiger partial charge on any atom is 0.342 e. The van der Waals surface area contributed by atoms with E-state index in [1.165, 1.54) is 48.5 Å². The van der Waals surface area contributed by atoms with Crippen LogP contribution in [0.3, 0.4) is 0 Å². The minimum atomic E-state index is -2.84. The fraction of sp³-hybridized carbons (Fsp3) is 0.100. The zero-order valence-corrected chi connectivity index (χ0v) is 20.8. The summed E-state index contributed by atoms with van der Waals surface area (Å²) in [7, 11) is 0.961. The molecule has 0 saturated carbocycles. The van der Waals surface area contributed by atoms with E-state index in [0.717, 1.165) is 12.7 Å². The normalized spacial score (nSPS) is 20.3. The van der Waals surface area contributed by atoms with Gasteiger partial charge in [0.1, 0.15) is 11.5 Å². The number of carbonyl (C=O) groups excluding carboxylic acids is 5. The zero-order chi connectivity index (χ0) is 28.1. The van der Waals surface area contributed by atoms with Crippen LogP contribution in [0.15, 0.2) is 90.0 Å². The molecule has 0 radical (unpaired) electrons. The number of rotatable bonds is 4. The predicted molar refractivity (Wildman–Crippen MR) is 140 cm³/mol. The Morgan fingerprint density at radius 2 is 1.38 bits per heavy atom. The van der Waals surface area contributed by atoms with Gasteiger partial charge in [0.05, 0.1) is 18.3 Å². The second kappa shape index (κ2) is 9.21. The number of Topliss-reactive ketones (excluding diaryl/α,β-unsaturated/α-hetero) is 3. The van der Waals surface area contributed by atoms with E-state index in [4.69, 9.17) is 4.74 Å². The van der Waals surface area contributed by atoms with E-state index in [1.807, 2.05) is 0 Å². The molecule has 3 aromatic carbocycles. The third-order valence-electron chi connectivity index (χ3n) is 6.84. The van der Waals surface area contributed by atoms with Crippen molar-refractivity contribution in [2.75, 3.05) is 12.0 Å². The molecule has 2 aliphatic rings. The van der Waals surface area contributed by atoms with Crippen LogP contribution >= 0.6 is 0 Å². The highest BCUT2D eigenvalue weighted by Gasteiger charge is 2.68. The number of ether oxygens (including phenoxy) is 1. The number of hydrogen-bond donors (Lipinski definition) is 2. The molecule has 2 N–H and O–H groups in total. The quantitative estimate of drug-likeness (QED) is 0.229. The smallest absolute Gasteiger partial charge is 0.342 e. The van der Waals surface area contributed by atoms with Gasteiger partial charge in [0, 0.05) is 22.4 Å². The highest BCUT2D eigenvalue weighted by atomic mass is 16.5. The number of ketones is 3. The molecule has 1 saturated heterocycles. The average Bonchev–Trinajstić information content (AvgIpc) is 3.19. The fourth-order valence-electron chi connectivity index (χ4n) is 5.04. The monoisotopic (exact) mass is 523 g/mol. The summed E-state index contributed by atoms with van der Waals surface area (Å²) in [6.07, 6.45) is 0. The predicted octanol–water partition coefficient (Wildman–Crippen LogP) is 3.53. The van der Waals surface area contributed by atoms with Crippen molar-refractivity contribution in [1.82, 2.24) is 0 Å². The molecule has 1 aliphatic carbocycles. The first kappa shape index (κ1) is 25.3. The topological polar surface area (TPSA) is 138 Å². The summed E-state index contributed by atoms with van der Waals surface area (Å²) < 4.78 is 5.06. The van der Waals surface area contributed by atoms with Crippen LogP contribution < -0.4 is 4.90 Å². The third-order valence-corrected chi connectivity index (χ3v) is 6.84. The molecule has 5 rings (SSSR count). The van der Waals surface area contributed by atoms with Gasteiger partial charge in [-0.05, 0) is 19.1 Å². The number of fused-ring (bicyclic) bond motifs is 1. The van der Waals surface area contributed by atoms with E-state index in [-0.39, 0.29) is 22.4 Å². The van der Waals surface area contributed by atoms with Gasteiger partial charge in [0.2, 0.25) is 17.1 Å². The maximum absolute atomic E-state index is 13.9. The minimum Gasteiger partial charge on any atom is -0.507 e. The number of aliphatic hydroxyl groups is 2. The molecule has 1 atom stereocenters. The standard InChI is InChI=1S/C30H21NO8/c1-16-12-14-18(15-13-16)31-28(37)27(36)21(23(32)17-8-4-3-5-9-17)30(31,29(38)39-2)22-24(33)19-10-6-7-11-20(19)25(34)26(22)35/h3-15,32-33H,1-2H3/b23-21-. The molecule has 9 nitrogen and oxygen atoms in total. The largest absolute Gasteiger partial charge is 0.507 e. The van der Waals surface area contributed by atoms with Crippen LogP contribution in [0, 0.1) is 6.92 Å². The molecular formula is C30H21NO8. The van der Waals surface area contributed by atoms with Gasteiger partial charge in [0.15, 0.2) is 0 Å². The second-order valence-electron chi connectivity index (χ2n) is 9.02. The number of anilines is 1. The van der Waals surface area contributed by atoms with Crippen molar-refractivity contribution in [3.8, 4) is 0 Å². The van der Waals surface area contributed by atoms with E-state index < -0.39 is 57.4 Å². The number of aryl methyl sites for hydroxylation is 1. The Hall–Kier alpha value is -5.31. The van der Waals surface area contributed by atoms with E-state index in [9.17, 15) is 34.2 Å². The van der Waals surface area contributed by atoms with E-state index in [1.54, 1.807) is 37.3 Å². The highest BCUT2D eigenvalue weighted by Crippen LogP contribution is 2.49. The van der Waals surface area contributed by atoms with Crippen molar-refractivity contribution in [3.63, 3.8) is 0 Å². The molecule has 0 bridgehead atoms. The molecular weight excluding hydrogens is 502 g/mol. The van der Waals surface area contributed by atoms with Crippen LogP contribution in [0.2, 0.25) is 0 Å². The van der Waals surface area contributed by atoms with E-state index in [0.29, 0.717) is 4.90 Å². The van der Waals surface area contributed by atoms with Gasteiger partial charge >= 0.3 is 11.9 Å². The lowest BCUT2D eigenvalue weighted by Gasteiger charge is -2.38. The first-order valence-corrected chi connectivity index (χ1v) is 11.8. The molecule has 0 spiro atoms. The summed E-state index contributed by atoms with van der Waals surface area (Å²) in [5, 5.41) is 22.9. The van der Waals surface area contributed by atoms with Crippen molar-refractivity contribution >= 4 is 46.4 Å². The van der Waals surface area contributed by atoms with Crippen molar-refractivity contribution < 1.29 is 38.9 Å². The van der Waals surface area contributed by atoms with Crippen molar-refractivity contribution in [2.24, 2.45) is 0 Å². The Morgan fingerprint density at radius 3 is 2.00 bits per heavy atom. The Kier molecular flexibility index (Phi) is 5.99. The van der Waals surface area contributed by atoms with Crippen LogP contribution in [-0.4, -0.2) is 52.1 Å². The number of carbonyl (C=O) groups is 5. The van der Waals surface area contributed by atoms with E-state index >= 15 is 0 Å². The van der Waals surface area contributed by atoms with Gasteiger partial charge < -0.3 is 14.9 Å². The Labute approximate surface area is 222 Å². The molecule has 1 heterocycles. The molecule has 1 unspecified atom stereocenters. The van der Waals surface area contributed by atoms with Crippen molar-refractivity contribution in [2.45, 2.75) is 12.5 Å². The average molecular weight is 523 g/mol. The second-order valence-corrected chi connectivity index (χ2v) is 9.02. The number of nitrogens with zero attached hydrogens (tertiary/aromatic N) is 1. The number of amides is 1. The highest BCUT2D eigenvalue weighted by molar-refractivity contribution is 6.59. The lowest BCUT2D eigenvalue weighted by molar-refractivity contribution is -0.145. The summed E-state index contributed by atoms with van der Waals surface area (Å²) in [6.45, 7) is 1.77. The SMILES string of the molecule is COC(=O)C1(C2=C(O)c3ccccc3C(=O)C2=O)/C(=C(\O)c2ccccc2)C(=O)C(=O)N1c1ccc(C)cc1. The van der Waals surface area contributed by atoms with Gasteiger partial charge in [-0.25, -0.2) is 4.79 Å². The number of methoxy groups -OCH3 is 1. The van der Waals surface area contributed by atoms with Gasteiger partial charge in [-0.3, -0.25) is 24.1 Å². The Balaban J connectivity index is 1.99. The number of esters is 1. The summed E-state index contributed by atoms with van der Waals surface area (Å²) in [5.74, 6) is -7.96. The fourth-order valence-corrected chi connectivity index (χ4v) is 5.04. The van der Waals surface area contributed by atoms with Gasteiger partial charge in [-0.15, -0.1) is 0 Å². The zero-order valence-electron chi connectivity index (χ0n) is 20.8. The Bertz CT molecular complexity index is 1650. The number of benzene rings is 3. The first-order chi connectivity index (χ1) is 18.7. The summed E-state index contributed by atoms with van der Waals surface area (Å²) >= 11 is 0. The molecule has 1 fully saturated rings. The summed E-state index contributed by atoms with van der Waals surface area (Å²) in [6, 6.07) is 19.3. The van der Waals surface area contributed by atoms with Gasteiger partial charge in [-0.2, -0.15) is 0 Å². The number of hydrogen-bond acceptors (Lipinski definition) is 8. The molecule has 194 valence electrons. The lowest BCUT2D eigenvalue weighted by Crippen LogP contribution is -2.58. The summed E-state index contributed by atoms with van der Waals surface area (Å²) in [4.78, 5) is 69.0. The molecule has 1 amide bonds. The maximum atomic E-state index is 13.9. The van der Waals surface area contributed by atoms with Crippen LogP contribution in [0.25, 0.3) is 11.5 Å². The van der Waals surface area contributed by atoms with Crippen molar-refractivity contribution in [1.29, 1.82) is 0 Å². The summed E-state index contributed by atoms with van der Waals surface area (Å²) in [5.41, 5.74) is -3.95. The molecule has 3 aromatic rings. The molecule has 9 heteroatoms. The van der Waals surface area contributed by atoms with Crippen LogP contribution in [0.5, 0.6) is 0 Å². The molecule has 39 heavy (non-hydrogen) atoms. The van der Waals surface area contributed by atoms with Crippen LogP contribution in [0.1, 0.15) is 27.0 Å². The molecule has 0 aromatic heterocycles. The van der Waals surface area contributed by atoms with Crippen molar-refractivity contribution in [3.05, 3.63) is 112 Å². The van der Waals surface area contributed by atoms with Crippen LogP contribution in [-0.2, 0) is 23.9 Å².